The van der Waals surface area contributed by atoms with Crippen LogP contribution in [0.4, 0.5) is 0 Å². The second kappa shape index (κ2) is 2.54. The molecular weight excluding hydrogens is 122 g/mol. The zero-order chi connectivity index (χ0) is 6.97. The van der Waals surface area contributed by atoms with Crippen molar-refractivity contribution in [3.63, 3.8) is 0 Å². The fourth-order valence-corrected chi connectivity index (χ4v) is 2.56. The molecule has 2 aliphatic heterocycles. The van der Waals surface area contributed by atoms with Gasteiger partial charge in [0.15, 0.2) is 0 Å². The summed E-state index contributed by atoms with van der Waals surface area (Å²) in [5, 5.41) is 0. The third-order valence-corrected chi connectivity index (χ3v) is 3.15. The van der Waals surface area contributed by atoms with Gasteiger partial charge < -0.3 is 0 Å². The molecular formula is C9H17N. The zero-order valence-electron chi connectivity index (χ0n) is 6.84. The molecule has 58 valence electrons. The van der Waals surface area contributed by atoms with E-state index in [0.29, 0.717) is 0 Å². The van der Waals surface area contributed by atoms with Gasteiger partial charge in [0.2, 0.25) is 0 Å². The molecule has 0 saturated carbocycles. The van der Waals surface area contributed by atoms with Gasteiger partial charge in [-0.3, -0.25) is 4.90 Å². The van der Waals surface area contributed by atoms with E-state index in [2.05, 4.69) is 11.8 Å². The molecule has 2 heterocycles. The van der Waals surface area contributed by atoms with Crippen LogP contribution in [0.25, 0.3) is 0 Å². The normalized spacial score (nSPS) is 41.7. The first-order valence-corrected chi connectivity index (χ1v) is 4.63. The lowest BCUT2D eigenvalue weighted by atomic mass is 9.98. The minimum absolute atomic E-state index is 0.890. The summed E-state index contributed by atoms with van der Waals surface area (Å²) in [7, 11) is 0. The molecule has 1 heteroatoms. The van der Waals surface area contributed by atoms with Crippen LogP contribution in [-0.2, 0) is 0 Å². The Morgan fingerprint density at radius 3 is 2.70 bits per heavy atom. The van der Waals surface area contributed by atoms with E-state index in [1.54, 1.807) is 0 Å². The second-order valence-corrected chi connectivity index (χ2v) is 3.81. The van der Waals surface area contributed by atoms with E-state index in [4.69, 9.17) is 0 Å². The van der Waals surface area contributed by atoms with Gasteiger partial charge in [-0.25, -0.2) is 0 Å². The molecule has 0 amide bonds. The molecule has 2 rings (SSSR count). The molecule has 0 unspecified atom stereocenters. The van der Waals surface area contributed by atoms with Gasteiger partial charge in [0.25, 0.3) is 0 Å². The third kappa shape index (κ3) is 0.968. The summed E-state index contributed by atoms with van der Waals surface area (Å²) in [6, 6.07) is 1.87. The van der Waals surface area contributed by atoms with Crippen molar-refractivity contribution in [1.82, 2.24) is 4.90 Å². The van der Waals surface area contributed by atoms with Crippen LogP contribution in [-0.4, -0.2) is 23.5 Å². The molecule has 10 heavy (non-hydrogen) atoms. The Morgan fingerprint density at radius 2 is 1.90 bits per heavy atom. The van der Waals surface area contributed by atoms with Crippen LogP contribution in [0.3, 0.4) is 0 Å². The third-order valence-electron chi connectivity index (χ3n) is 3.15. The summed E-state index contributed by atoms with van der Waals surface area (Å²) < 4.78 is 0. The number of piperidine rings is 1. The Hall–Kier alpha value is -0.0400. The van der Waals surface area contributed by atoms with Gasteiger partial charge in [-0.05, 0) is 39.2 Å². The van der Waals surface area contributed by atoms with Gasteiger partial charge in [0.1, 0.15) is 0 Å². The number of hydrogen-bond acceptors (Lipinski definition) is 1. The maximum Gasteiger partial charge on any atom is 0.00985 e. The van der Waals surface area contributed by atoms with Crippen molar-refractivity contribution >= 4 is 0 Å². The molecule has 0 bridgehead atoms. The SMILES string of the molecule is C[C@@H]1CCC[C@H]2CCCN21. The van der Waals surface area contributed by atoms with E-state index in [1.165, 1.54) is 38.6 Å². The largest absolute Gasteiger partial charge is 0.298 e. The lowest BCUT2D eigenvalue weighted by Crippen LogP contribution is -2.40. The van der Waals surface area contributed by atoms with Crippen molar-refractivity contribution in [2.24, 2.45) is 0 Å². The summed E-state index contributed by atoms with van der Waals surface area (Å²) in [6.45, 7) is 3.77. The molecule has 0 N–H and O–H groups in total. The predicted molar refractivity (Wildman–Crippen MR) is 43.0 cm³/mol. The lowest BCUT2D eigenvalue weighted by Gasteiger charge is -2.35. The average molecular weight is 139 g/mol. The monoisotopic (exact) mass is 139 g/mol. The van der Waals surface area contributed by atoms with E-state index in [-0.39, 0.29) is 0 Å². The molecule has 2 atom stereocenters. The number of rotatable bonds is 0. The fourth-order valence-electron chi connectivity index (χ4n) is 2.56. The quantitative estimate of drug-likeness (QED) is 0.496. The van der Waals surface area contributed by atoms with Gasteiger partial charge in [-0.2, -0.15) is 0 Å². The van der Waals surface area contributed by atoms with E-state index >= 15 is 0 Å². The Kier molecular flexibility index (Phi) is 1.69. The fraction of sp³-hybridized carbons (Fsp3) is 1.00. The minimum atomic E-state index is 0.890. The zero-order valence-corrected chi connectivity index (χ0v) is 6.84. The van der Waals surface area contributed by atoms with Crippen molar-refractivity contribution in [3.8, 4) is 0 Å². The summed E-state index contributed by atoms with van der Waals surface area (Å²) >= 11 is 0. The van der Waals surface area contributed by atoms with Crippen LogP contribution in [0.2, 0.25) is 0 Å². The van der Waals surface area contributed by atoms with Crippen LogP contribution < -0.4 is 0 Å². The maximum atomic E-state index is 2.71. The second-order valence-electron chi connectivity index (χ2n) is 3.81. The number of fused-ring (bicyclic) bond motifs is 1. The predicted octanol–water partition coefficient (Wildman–Crippen LogP) is 2.02. The van der Waals surface area contributed by atoms with Crippen molar-refractivity contribution in [1.29, 1.82) is 0 Å². The standard InChI is InChI=1S/C9H17N/c1-8-4-2-5-9-6-3-7-10(8)9/h8-9H,2-7H2,1H3/t8-,9+/m1/s1. The van der Waals surface area contributed by atoms with Gasteiger partial charge in [0.05, 0.1) is 0 Å². The summed E-state index contributed by atoms with van der Waals surface area (Å²) in [6.07, 6.45) is 7.32. The molecule has 0 aromatic carbocycles. The highest BCUT2D eigenvalue weighted by Crippen LogP contribution is 2.30. The van der Waals surface area contributed by atoms with Gasteiger partial charge in [0, 0.05) is 12.1 Å². The van der Waals surface area contributed by atoms with Crippen LogP contribution in [0.15, 0.2) is 0 Å². The highest BCUT2D eigenvalue weighted by atomic mass is 15.2. The Morgan fingerprint density at radius 1 is 1.10 bits per heavy atom. The molecule has 2 aliphatic rings. The van der Waals surface area contributed by atoms with Crippen molar-refractivity contribution in [3.05, 3.63) is 0 Å². The van der Waals surface area contributed by atoms with Crippen LogP contribution in [0, 0.1) is 0 Å². The first-order valence-electron chi connectivity index (χ1n) is 4.63. The first kappa shape index (κ1) is 6.66. The summed E-state index contributed by atoms with van der Waals surface area (Å²) in [4.78, 5) is 2.71. The number of nitrogens with zero attached hydrogens (tertiary/aromatic N) is 1. The summed E-state index contributed by atoms with van der Waals surface area (Å²) in [5.41, 5.74) is 0. The molecule has 0 aromatic rings. The lowest BCUT2D eigenvalue weighted by molar-refractivity contribution is 0.135. The van der Waals surface area contributed by atoms with E-state index in [9.17, 15) is 0 Å². The topological polar surface area (TPSA) is 3.24 Å². The van der Waals surface area contributed by atoms with E-state index < -0.39 is 0 Å². The molecule has 0 radical (unpaired) electrons. The van der Waals surface area contributed by atoms with Crippen LogP contribution in [0.1, 0.15) is 39.0 Å². The van der Waals surface area contributed by atoms with E-state index in [0.717, 1.165) is 12.1 Å². The molecule has 0 aromatic heterocycles. The smallest absolute Gasteiger partial charge is 0.00985 e. The Labute approximate surface area is 63.4 Å². The molecule has 0 spiro atoms. The average Bonchev–Trinajstić information content (AvgIpc) is 2.36. The van der Waals surface area contributed by atoms with Crippen LogP contribution >= 0.6 is 0 Å². The highest BCUT2D eigenvalue weighted by molar-refractivity contribution is 4.86. The van der Waals surface area contributed by atoms with Crippen molar-refractivity contribution in [2.45, 2.75) is 51.1 Å². The van der Waals surface area contributed by atoms with Gasteiger partial charge >= 0.3 is 0 Å². The van der Waals surface area contributed by atoms with Crippen LogP contribution in [0.5, 0.6) is 0 Å². The molecule has 0 aliphatic carbocycles. The minimum Gasteiger partial charge on any atom is -0.298 e. The van der Waals surface area contributed by atoms with Gasteiger partial charge in [-0.1, -0.05) is 6.42 Å². The van der Waals surface area contributed by atoms with Crippen molar-refractivity contribution in [2.75, 3.05) is 6.54 Å². The number of hydrogen-bond donors (Lipinski definition) is 0. The van der Waals surface area contributed by atoms with Gasteiger partial charge in [-0.15, -0.1) is 0 Å². The molecule has 1 nitrogen and oxygen atoms in total. The Balaban J connectivity index is 2.03. The Bertz CT molecular complexity index is 122. The highest BCUT2D eigenvalue weighted by Gasteiger charge is 2.30. The summed E-state index contributed by atoms with van der Waals surface area (Å²) in [5.74, 6) is 0. The molecule has 2 saturated heterocycles. The first-order chi connectivity index (χ1) is 4.88. The molecule has 2 fully saturated rings. The van der Waals surface area contributed by atoms with Crippen molar-refractivity contribution < 1.29 is 0 Å². The van der Waals surface area contributed by atoms with E-state index in [1.807, 2.05) is 0 Å². The maximum absolute atomic E-state index is 2.71.